The summed E-state index contributed by atoms with van der Waals surface area (Å²) in [5, 5.41) is 13.3. The summed E-state index contributed by atoms with van der Waals surface area (Å²) in [6.45, 7) is 1.62. The van der Waals surface area contributed by atoms with Crippen LogP contribution in [0.4, 0.5) is 11.4 Å². The van der Waals surface area contributed by atoms with Crippen LogP contribution in [0.25, 0.3) is 0 Å². The van der Waals surface area contributed by atoms with Crippen LogP contribution in [0, 0.1) is 10.1 Å². The van der Waals surface area contributed by atoms with E-state index in [1.807, 2.05) is 25.1 Å². The molecule has 0 radical (unpaired) electrons. The third-order valence-corrected chi connectivity index (χ3v) is 4.43. The fourth-order valence-electron chi connectivity index (χ4n) is 2.13. The Hall–Kier alpha value is -2.87. The topological polar surface area (TPSA) is 98.5 Å². The number of carbonyl (C=O) groups is 2. The van der Waals surface area contributed by atoms with Gasteiger partial charge in [0, 0.05) is 22.7 Å². The summed E-state index contributed by atoms with van der Waals surface area (Å²) in [5.41, 5.74) is 1.69. The molecule has 1 N–H and O–H groups in total. The second-order valence-corrected chi connectivity index (χ2v) is 6.31. The first-order chi connectivity index (χ1) is 12.5. The second-order valence-electron chi connectivity index (χ2n) is 5.26. The van der Waals surface area contributed by atoms with Gasteiger partial charge in [0.05, 0.1) is 10.7 Å². The normalized spacial score (nSPS) is 10.2. The highest BCUT2D eigenvalue weighted by molar-refractivity contribution is 8.00. The summed E-state index contributed by atoms with van der Waals surface area (Å²) in [5.74, 6) is -0.928. The van der Waals surface area contributed by atoms with E-state index in [4.69, 9.17) is 4.74 Å². The minimum atomic E-state index is -0.535. The Kier molecular flexibility index (Phi) is 7.16. The van der Waals surface area contributed by atoms with E-state index in [-0.39, 0.29) is 18.0 Å². The fourth-order valence-corrected chi connectivity index (χ4v) is 2.83. The molecule has 0 saturated heterocycles. The number of esters is 1. The molecule has 0 bridgehead atoms. The molecule has 8 heteroatoms. The van der Waals surface area contributed by atoms with Crippen LogP contribution in [0.1, 0.15) is 12.5 Å². The van der Waals surface area contributed by atoms with Crippen molar-refractivity contribution in [3.63, 3.8) is 0 Å². The first-order valence-electron chi connectivity index (χ1n) is 7.90. The van der Waals surface area contributed by atoms with Crippen molar-refractivity contribution in [1.82, 2.24) is 0 Å². The molecule has 1 amide bonds. The van der Waals surface area contributed by atoms with Gasteiger partial charge in [-0.1, -0.05) is 25.1 Å². The molecular weight excluding hydrogens is 356 g/mol. The highest BCUT2D eigenvalue weighted by atomic mass is 32.2. The van der Waals surface area contributed by atoms with Crippen LogP contribution in [0.3, 0.4) is 0 Å². The molecule has 0 fully saturated rings. The van der Waals surface area contributed by atoms with E-state index in [0.29, 0.717) is 10.6 Å². The number of nitrogens with zero attached hydrogens (tertiary/aromatic N) is 1. The van der Waals surface area contributed by atoms with E-state index >= 15 is 0 Å². The molecule has 2 aromatic carbocycles. The van der Waals surface area contributed by atoms with Crippen LogP contribution in [-0.4, -0.2) is 29.2 Å². The Morgan fingerprint density at radius 1 is 1.15 bits per heavy atom. The van der Waals surface area contributed by atoms with Crippen molar-refractivity contribution in [1.29, 1.82) is 0 Å². The number of aryl methyl sites for hydroxylation is 1. The number of hydrogen-bond acceptors (Lipinski definition) is 6. The molecule has 0 atom stereocenters. The van der Waals surface area contributed by atoms with E-state index in [1.165, 1.54) is 23.9 Å². The molecule has 0 saturated carbocycles. The van der Waals surface area contributed by atoms with Crippen molar-refractivity contribution in [2.75, 3.05) is 17.7 Å². The molecule has 2 rings (SSSR count). The van der Waals surface area contributed by atoms with Crippen molar-refractivity contribution in [2.24, 2.45) is 0 Å². The average Bonchev–Trinajstić information content (AvgIpc) is 2.65. The third-order valence-electron chi connectivity index (χ3n) is 3.44. The molecule has 0 aliphatic carbocycles. The predicted molar refractivity (Wildman–Crippen MR) is 99.2 cm³/mol. The van der Waals surface area contributed by atoms with Gasteiger partial charge in [0.1, 0.15) is 0 Å². The first-order valence-corrected chi connectivity index (χ1v) is 8.88. The Morgan fingerprint density at radius 3 is 2.50 bits per heavy atom. The van der Waals surface area contributed by atoms with Gasteiger partial charge >= 0.3 is 5.97 Å². The molecule has 0 heterocycles. The zero-order chi connectivity index (χ0) is 18.9. The number of amides is 1. The predicted octanol–water partition coefficient (Wildman–Crippen LogP) is 3.43. The van der Waals surface area contributed by atoms with Crippen molar-refractivity contribution in [3.8, 4) is 0 Å². The van der Waals surface area contributed by atoms with Gasteiger partial charge in [-0.3, -0.25) is 19.7 Å². The number of nitro groups is 1. The molecule has 136 valence electrons. The number of nitro benzene ring substituents is 1. The molecule has 0 unspecified atom stereocenters. The molecular formula is C18H18N2O5S. The molecule has 26 heavy (non-hydrogen) atoms. The number of hydrogen-bond donors (Lipinski definition) is 1. The number of anilines is 1. The van der Waals surface area contributed by atoms with Crippen molar-refractivity contribution < 1.29 is 19.2 Å². The maximum atomic E-state index is 11.9. The monoisotopic (exact) mass is 374 g/mol. The number of thioether (sulfide) groups is 1. The molecule has 0 aromatic heterocycles. The van der Waals surface area contributed by atoms with Gasteiger partial charge in [0.25, 0.3) is 11.6 Å². The number of ether oxygens (including phenoxy) is 1. The Bertz CT molecular complexity index is 792. The third kappa shape index (κ3) is 5.89. The van der Waals surface area contributed by atoms with Gasteiger partial charge in [-0.05, 0) is 30.2 Å². The summed E-state index contributed by atoms with van der Waals surface area (Å²) in [6.07, 6.45) is 0.780. The Morgan fingerprint density at radius 2 is 1.85 bits per heavy atom. The van der Waals surface area contributed by atoms with E-state index in [0.717, 1.165) is 12.0 Å². The zero-order valence-corrected chi connectivity index (χ0v) is 15.0. The summed E-state index contributed by atoms with van der Waals surface area (Å²) in [7, 11) is 0. The average molecular weight is 374 g/mol. The minimum Gasteiger partial charge on any atom is -0.455 e. The summed E-state index contributed by atoms with van der Waals surface area (Å²) >= 11 is 1.18. The molecule has 2 aromatic rings. The Balaban J connectivity index is 1.75. The largest absolute Gasteiger partial charge is 0.455 e. The van der Waals surface area contributed by atoms with Crippen LogP contribution >= 0.6 is 11.8 Å². The van der Waals surface area contributed by atoms with Crippen LogP contribution in [0.5, 0.6) is 0 Å². The first kappa shape index (κ1) is 19.5. The van der Waals surface area contributed by atoms with Gasteiger partial charge in [0.2, 0.25) is 0 Å². The SMILES string of the molecule is CCc1ccccc1NC(=O)COC(=O)CSc1ccc([N+](=O)[O-])cc1. The standard InChI is InChI=1S/C18H18N2O5S/c1-2-13-5-3-4-6-16(13)19-17(21)11-25-18(22)12-26-15-9-7-14(8-10-15)20(23)24/h3-10H,2,11-12H2,1H3,(H,19,21). The van der Waals surface area contributed by atoms with Crippen LogP contribution in [0.15, 0.2) is 53.4 Å². The highest BCUT2D eigenvalue weighted by Crippen LogP contribution is 2.21. The van der Waals surface area contributed by atoms with Gasteiger partial charge < -0.3 is 10.1 Å². The maximum absolute atomic E-state index is 11.9. The quantitative estimate of drug-likeness (QED) is 0.329. The van der Waals surface area contributed by atoms with Gasteiger partial charge in [-0.25, -0.2) is 0 Å². The van der Waals surface area contributed by atoms with Gasteiger partial charge in [0.15, 0.2) is 6.61 Å². The van der Waals surface area contributed by atoms with E-state index in [9.17, 15) is 19.7 Å². The Labute approximate surface area is 154 Å². The van der Waals surface area contributed by atoms with Crippen LogP contribution in [-0.2, 0) is 20.7 Å². The minimum absolute atomic E-state index is 0.0106. The number of para-hydroxylation sites is 1. The van der Waals surface area contributed by atoms with Gasteiger partial charge in [-0.2, -0.15) is 0 Å². The zero-order valence-electron chi connectivity index (χ0n) is 14.1. The van der Waals surface area contributed by atoms with E-state index in [2.05, 4.69) is 5.32 Å². The lowest BCUT2D eigenvalue weighted by Gasteiger charge is -2.10. The van der Waals surface area contributed by atoms with E-state index in [1.54, 1.807) is 18.2 Å². The van der Waals surface area contributed by atoms with Crippen molar-refractivity contribution in [2.45, 2.75) is 18.2 Å². The summed E-state index contributed by atoms with van der Waals surface area (Å²) in [4.78, 5) is 34.4. The molecule has 0 aliphatic rings. The fraction of sp³-hybridized carbons (Fsp3) is 0.222. The van der Waals surface area contributed by atoms with Crippen molar-refractivity contribution in [3.05, 3.63) is 64.2 Å². The van der Waals surface area contributed by atoms with Crippen molar-refractivity contribution >= 4 is 35.0 Å². The number of non-ortho nitro benzene ring substituents is 1. The van der Waals surface area contributed by atoms with E-state index < -0.39 is 16.8 Å². The number of benzene rings is 2. The number of nitrogens with one attached hydrogen (secondary N) is 1. The van der Waals surface area contributed by atoms with Crippen LogP contribution in [0.2, 0.25) is 0 Å². The maximum Gasteiger partial charge on any atom is 0.316 e. The molecule has 7 nitrogen and oxygen atoms in total. The summed E-state index contributed by atoms with van der Waals surface area (Å²) in [6, 6.07) is 13.3. The smallest absolute Gasteiger partial charge is 0.316 e. The number of rotatable bonds is 8. The lowest BCUT2D eigenvalue weighted by atomic mass is 10.1. The lowest BCUT2D eigenvalue weighted by molar-refractivity contribution is -0.384. The number of carbonyl (C=O) groups excluding carboxylic acids is 2. The second kappa shape index (κ2) is 9.57. The van der Waals surface area contributed by atoms with Crippen LogP contribution < -0.4 is 5.32 Å². The molecule has 0 aliphatic heterocycles. The lowest BCUT2D eigenvalue weighted by Crippen LogP contribution is -2.22. The summed E-state index contributed by atoms with van der Waals surface area (Å²) < 4.78 is 4.95. The van der Waals surface area contributed by atoms with Gasteiger partial charge in [-0.15, -0.1) is 11.8 Å². The highest BCUT2D eigenvalue weighted by Gasteiger charge is 2.11. The molecule has 0 spiro atoms.